The number of primary amides is 1. The Bertz CT molecular complexity index is 902. The minimum Gasteiger partial charge on any atom is -0.366 e. The fourth-order valence-corrected chi connectivity index (χ4v) is 2.69. The predicted molar refractivity (Wildman–Crippen MR) is 93.1 cm³/mol. The van der Waals surface area contributed by atoms with Crippen molar-refractivity contribution in [3.05, 3.63) is 41.7 Å². The van der Waals surface area contributed by atoms with E-state index in [1.54, 1.807) is 6.07 Å². The largest absolute Gasteiger partial charge is 0.366 e. The van der Waals surface area contributed by atoms with Crippen molar-refractivity contribution >= 4 is 33.1 Å². The van der Waals surface area contributed by atoms with Crippen molar-refractivity contribution in [1.29, 1.82) is 0 Å². The Hall–Kier alpha value is -2.72. The Kier molecular flexibility index (Phi) is 5.55. The summed E-state index contributed by atoms with van der Waals surface area (Å²) in [6.07, 6.45) is 1.08. The van der Waals surface area contributed by atoms with E-state index in [2.05, 4.69) is 15.6 Å². The number of aromatic nitrogens is 1. The van der Waals surface area contributed by atoms with E-state index in [0.29, 0.717) is 5.69 Å². The second-order valence-electron chi connectivity index (χ2n) is 5.22. The Labute approximate surface area is 144 Å². The molecule has 8 nitrogen and oxygen atoms in total. The van der Waals surface area contributed by atoms with Crippen LogP contribution in [0.2, 0.25) is 0 Å². The minimum absolute atomic E-state index is 0.000859. The molecule has 0 radical (unpaired) electrons. The molecule has 6 N–H and O–H groups in total. The van der Waals surface area contributed by atoms with Gasteiger partial charge in [-0.2, -0.15) is 0 Å². The van der Waals surface area contributed by atoms with Crippen LogP contribution in [0.1, 0.15) is 10.4 Å². The van der Waals surface area contributed by atoms with Crippen molar-refractivity contribution in [2.24, 2.45) is 11.5 Å². The van der Waals surface area contributed by atoms with Crippen LogP contribution in [0.5, 0.6) is 0 Å². The molecule has 0 aliphatic rings. The Morgan fingerprint density at radius 1 is 1.28 bits per heavy atom. The van der Waals surface area contributed by atoms with Crippen LogP contribution in [-0.4, -0.2) is 38.7 Å². The van der Waals surface area contributed by atoms with Crippen LogP contribution < -0.4 is 22.1 Å². The topological polar surface area (TPSA) is 140 Å². The van der Waals surface area contributed by atoms with E-state index in [-0.39, 0.29) is 35.2 Å². The maximum absolute atomic E-state index is 14.0. The lowest BCUT2D eigenvalue weighted by Gasteiger charge is -2.13. The van der Waals surface area contributed by atoms with E-state index < -0.39 is 21.6 Å². The van der Waals surface area contributed by atoms with Gasteiger partial charge < -0.3 is 22.1 Å². The number of carbonyl (C=O) groups excluding carboxylic acids is 1. The van der Waals surface area contributed by atoms with E-state index >= 15 is 0 Å². The number of benzene rings is 1. The maximum Gasteiger partial charge on any atom is 0.252 e. The van der Waals surface area contributed by atoms with Crippen molar-refractivity contribution in [3.8, 4) is 0 Å². The fraction of sp³-hybridized carbons (Fsp3) is 0.200. The molecule has 0 saturated heterocycles. The highest BCUT2D eigenvalue weighted by Crippen LogP contribution is 2.25. The molecule has 0 fully saturated rings. The van der Waals surface area contributed by atoms with Crippen LogP contribution in [0.25, 0.3) is 0 Å². The van der Waals surface area contributed by atoms with Gasteiger partial charge >= 0.3 is 0 Å². The van der Waals surface area contributed by atoms with Crippen LogP contribution in [0.4, 0.5) is 21.7 Å². The summed E-state index contributed by atoms with van der Waals surface area (Å²) < 4.78 is 37.3. The van der Waals surface area contributed by atoms with Gasteiger partial charge in [-0.25, -0.2) is 17.8 Å². The zero-order chi connectivity index (χ0) is 18.6. The first-order chi connectivity index (χ1) is 11.7. The number of hydrogen-bond acceptors (Lipinski definition) is 7. The van der Waals surface area contributed by atoms with E-state index in [4.69, 9.17) is 11.5 Å². The van der Waals surface area contributed by atoms with Gasteiger partial charge in [0.15, 0.2) is 21.5 Å². The number of nitrogens with zero attached hydrogens (tertiary/aromatic N) is 1. The first kappa shape index (κ1) is 18.6. The molecule has 0 bridgehead atoms. The predicted octanol–water partition coefficient (Wildman–Crippen LogP) is 0.837. The standard InChI is InChI=1S/C15H18FN5O3S/c1-25(23,24)10-4-2-3-9(7-10)20-14-11(13(18)22)8-12(16)15(21-14)19-6-5-17/h2-4,7-8H,5-6,17H2,1H3,(H2,18,22)(H2,19,20,21). The molecule has 0 saturated carbocycles. The lowest BCUT2D eigenvalue weighted by molar-refractivity contribution is 0.100. The average Bonchev–Trinajstić information content (AvgIpc) is 2.54. The molecule has 0 aliphatic heterocycles. The highest BCUT2D eigenvalue weighted by molar-refractivity contribution is 7.90. The van der Waals surface area contributed by atoms with Gasteiger partial charge in [-0.05, 0) is 24.3 Å². The lowest BCUT2D eigenvalue weighted by Crippen LogP contribution is -2.18. The number of nitrogens with one attached hydrogen (secondary N) is 2. The fourth-order valence-electron chi connectivity index (χ4n) is 2.03. The summed E-state index contributed by atoms with van der Waals surface area (Å²) in [4.78, 5) is 15.7. The number of hydrogen-bond donors (Lipinski definition) is 4. The number of rotatable bonds is 7. The molecule has 1 heterocycles. The molecule has 25 heavy (non-hydrogen) atoms. The van der Waals surface area contributed by atoms with Crippen LogP contribution in [-0.2, 0) is 9.84 Å². The average molecular weight is 367 g/mol. The van der Waals surface area contributed by atoms with Crippen LogP contribution in [0.15, 0.2) is 35.2 Å². The number of anilines is 3. The summed E-state index contributed by atoms with van der Waals surface area (Å²) in [5.74, 6) is -1.73. The summed E-state index contributed by atoms with van der Waals surface area (Å²) >= 11 is 0. The zero-order valence-corrected chi connectivity index (χ0v) is 14.2. The normalized spacial score (nSPS) is 11.2. The minimum atomic E-state index is -3.41. The number of halogens is 1. The molecule has 10 heteroatoms. The van der Waals surface area contributed by atoms with Crippen molar-refractivity contribution in [2.45, 2.75) is 4.90 Å². The van der Waals surface area contributed by atoms with Gasteiger partial charge in [-0.15, -0.1) is 0 Å². The Balaban J connectivity index is 2.45. The first-order valence-electron chi connectivity index (χ1n) is 7.24. The third-order valence-electron chi connectivity index (χ3n) is 3.20. The Morgan fingerprint density at radius 2 is 2.00 bits per heavy atom. The number of amides is 1. The van der Waals surface area contributed by atoms with Crippen molar-refractivity contribution < 1.29 is 17.6 Å². The molecule has 134 valence electrons. The smallest absolute Gasteiger partial charge is 0.252 e. The Morgan fingerprint density at radius 3 is 2.60 bits per heavy atom. The highest BCUT2D eigenvalue weighted by atomic mass is 32.2. The van der Waals surface area contributed by atoms with Crippen molar-refractivity contribution in [1.82, 2.24) is 4.98 Å². The van der Waals surface area contributed by atoms with E-state index in [9.17, 15) is 17.6 Å². The second kappa shape index (κ2) is 7.45. The maximum atomic E-state index is 14.0. The van der Waals surface area contributed by atoms with Gasteiger partial charge in [-0.1, -0.05) is 6.07 Å². The van der Waals surface area contributed by atoms with Gasteiger partial charge in [0.25, 0.3) is 5.91 Å². The molecule has 0 unspecified atom stereocenters. The summed E-state index contributed by atoms with van der Waals surface area (Å²) in [7, 11) is -3.41. The highest BCUT2D eigenvalue weighted by Gasteiger charge is 2.16. The molecular weight excluding hydrogens is 349 g/mol. The third-order valence-corrected chi connectivity index (χ3v) is 4.31. The molecular formula is C15H18FN5O3S. The molecule has 1 amide bonds. The monoisotopic (exact) mass is 367 g/mol. The molecule has 0 spiro atoms. The molecule has 1 aromatic carbocycles. The van der Waals surface area contributed by atoms with Crippen LogP contribution in [0.3, 0.4) is 0 Å². The second-order valence-corrected chi connectivity index (χ2v) is 7.24. The van der Waals surface area contributed by atoms with Crippen molar-refractivity contribution in [2.75, 3.05) is 30.0 Å². The summed E-state index contributed by atoms with van der Waals surface area (Å²) in [5, 5.41) is 5.49. The van der Waals surface area contributed by atoms with E-state index in [1.807, 2.05) is 0 Å². The number of sulfone groups is 1. The summed E-state index contributed by atoms with van der Waals surface area (Å²) in [6.45, 7) is 0.542. The van der Waals surface area contributed by atoms with Crippen molar-refractivity contribution in [3.63, 3.8) is 0 Å². The molecule has 2 rings (SSSR count). The van der Waals surface area contributed by atoms with Crippen LogP contribution in [0, 0.1) is 5.82 Å². The quantitative estimate of drug-likeness (QED) is 0.568. The molecule has 1 aromatic heterocycles. The van der Waals surface area contributed by atoms with Gasteiger partial charge in [-0.3, -0.25) is 4.79 Å². The van der Waals surface area contributed by atoms with Crippen LogP contribution >= 0.6 is 0 Å². The third kappa shape index (κ3) is 4.64. The number of nitrogens with two attached hydrogens (primary N) is 2. The van der Waals surface area contributed by atoms with Gasteiger partial charge in [0.1, 0.15) is 5.82 Å². The van der Waals surface area contributed by atoms with Gasteiger partial charge in [0, 0.05) is 25.0 Å². The summed E-state index contributed by atoms with van der Waals surface area (Å²) in [6, 6.07) is 6.87. The lowest BCUT2D eigenvalue weighted by atomic mass is 10.2. The SMILES string of the molecule is CS(=O)(=O)c1cccc(Nc2nc(NCCN)c(F)cc2C(N)=O)c1. The van der Waals surface area contributed by atoms with Gasteiger partial charge in [0.2, 0.25) is 0 Å². The zero-order valence-electron chi connectivity index (χ0n) is 13.4. The molecule has 0 aliphatic carbocycles. The van der Waals surface area contributed by atoms with E-state index in [1.165, 1.54) is 18.2 Å². The van der Waals surface area contributed by atoms with E-state index in [0.717, 1.165) is 12.3 Å². The van der Waals surface area contributed by atoms with Gasteiger partial charge in [0.05, 0.1) is 10.5 Å². The number of pyridine rings is 1. The molecule has 2 aromatic rings. The number of carbonyl (C=O) groups is 1. The molecule has 0 atom stereocenters. The summed E-state index contributed by atoms with van der Waals surface area (Å²) in [5.41, 5.74) is 10.8. The first-order valence-corrected chi connectivity index (χ1v) is 9.13.